The molecule has 2 N–H and O–H groups in total. The molecule has 4 nitrogen and oxygen atoms in total. The zero-order chi connectivity index (χ0) is 9.10. The maximum Gasteiger partial charge on any atom is 0.243 e. The number of nitrogens with zero attached hydrogens (tertiary/aromatic N) is 1. The molecule has 0 saturated heterocycles. The molecule has 0 unspecified atom stereocenters. The number of hydrogen-bond donors (Lipinski definition) is 2. The molecule has 0 aliphatic heterocycles. The maximum atomic E-state index is 11.1. The molecule has 1 aliphatic rings. The number of H-pyrrole nitrogens is 1. The highest BCUT2D eigenvalue weighted by atomic mass is 16.2. The molecule has 1 amide bonds. The quantitative estimate of drug-likeness (QED) is 0.522. The van der Waals surface area contributed by atoms with E-state index in [1.54, 1.807) is 6.21 Å². The van der Waals surface area contributed by atoms with Gasteiger partial charge < -0.3 is 4.98 Å². The summed E-state index contributed by atoms with van der Waals surface area (Å²) in [5.41, 5.74) is 3.38. The van der Waals surface area contributed by atoms with E-state index in [0.717, 1.165) is 18.5 Å². The van der Waals surface area contributed by atoms with Crippen molar-refractivity contribution in [1.29, 1.82) is 0 Å². The van der Waals surface area contributed by atoms with Crippen LogP contribution in [0, 0.1) is 5.92 Å². The molecule has 0 atom stereocenters. The Hall–Kier alpha value is -1.58. The summed E-state index contributed by atoms with van der Waals surface area (Å²) in [6.07, 6.45) is 5.41. The standard InChI is InChI=1S/C9H11N3O/c13-9(7-3-4-7)12-11-6-8-2-1-5-10-8/h1-2,5-7,10H,3-4H2,(H,12,13). The molecule has 1 saturated carbocycles. The molecule has 2 rings (SSSR count). The zero-order valence-corrected chi connectivity index (χ0v) is 7.16. The molecule has 1 aliphatic carbocycles. The van der Waals surface area contributed by atoms with E-state index in [2.05, 4.69) is 15.5 Å². The second kappa shape index (κ2) is 3.43. The first-order chi connectivity index (χ1) is 6.36. The summed E-state index contributed by atoms with van der Waals surface area (Å²) < 4.78 is 0. The molecule has 1 aromatic rings. The molecule has 0 spiro atoms. The lowest BCUT2D eigenvalue weighted by Gasteiger charge is -1.93. The summed E-state index contributed by atoms with van der Waals surface area (Å²) in [5, 5.41) is 3.82. The second-order valence-electron chi connectivity index (χ2n) is 3.13. The molecule has 1 heterocycles. The number of carbonyl (C=O) groups is 1. The fourth-order valence-electron chi connectivity index (χ4n) is 1.03. The van der Waals surface area contributed by atoms with E-state index < -0.39 is 0 Å². The van der Waals surface area contributed by atoms with Crippen LogP contribution in [0.2, 0.25) is 0 Å². The SMILES string of the molecule is O=C(NN=Cc1ccc[nH]1)C1CC1. The van der Waals surface area contributed by atoms with Crippen LogP contribution in [0.15, 0.2) is 23.4 Å². The first-order valence-electron chi connectivity index (χ1n) is 4.32. The summed E-state index contributed by atoms with van der Waals surface area (Å²) >= 11 is 0. The van der Waals surface area contributed by atoms with Crippen LogP contribution in [-0.2, 0) is 4.79 Å². The van der Waals surface area contributed by atoms with Gasteiger partial charge in [-0.2, -0.15) is 5.10 Å². The van der Waals surface area contributed by atoms with Crippen molar-refractivity contribution < 1.29 is 4.79 Å². The molecule has 13 heavy (non-hydrogen) atoms. The first-order valence-corrected chi connectivity index (χ1v) is 4.32. The predicted octanol–water partition coefficient (Wildman–Crippen LogP) is 0.875. The molecule has 0 aromatic carbocycles. The molecule has 4 heteroatoms. The largest absolute Gasteiger partial charge is 0.360 e. The smallest absolute Gasteiger partial charge is 0.243 e. The summed E-state index contributed by atoms with van der Waals surface area (Å²) in [6, 6.07) is 3.76. The van der Waals surface area contributed by atoms with Crippen LogP contribution >= 0.6 is 0 Å². The number of carbonyl (C=O) groups excluding carboxylic acids is 1. The normalized spacial score (nSPS) is 16.3. The predicted molar refractivity (Wildman–Crippen MR) is 49.3 cm³/mol. The van der Waals surface area contributed by atoms with E-state index in [0.29, 0.717) is 0 Å². The van der Waals surface area contributed by atoms with Crippen LogP contribution in [0.3, 0.4) is 0 Å². The van der Waals surface area contributed by atoms with Gasteiger partial charge in [0.2, 0.25) is 5.91 Å². The van der Waals surface area contributed by atoms with E-state index in [1.807, 2.05) is 18.3 Å². The third-order valence-corrected chi connectivity index (χ3v) is 1.95. The molecule has 0 bridgehead atoms. The van der Waals surface area contributed by atoms with Gasteiger partial charge in [0.1, 0.15) is 0 Å². The number of hydrazone groups is 1. The van der Waals surface area contributed by atoms with E-state index in [9.17, 15) is 4.79 Å². The average molecular weight is 177 g/mol. The number of aromatic nitrogens is 1. The van der Waals surface area contributed by atoms with Crippen molar-refractivity contribution in [2.45, 2.75) is 12.8 Å². The van der Waals surface area contributed by atoms with Gasteiger partial charge in [-0.3, -0.25) is 4.79 Å². The summed E-state index contributed by atoms with van der Waals surface area (Å²) in [6.45, 7) is 0. The van der Waals surface area contributed by atoms with E-state index in [-0.39, 0.29) is 11.8 Å². The fraction of sp³-hybridized carbons (Fsp3) is 0.333. The Morgan fingerprint density at radius 2 is 2.54 bits per heavy atom. The van der Waals surface area contributed by atoms with Crippen molar-refractivity contribution in [3.8, 4) is 0 Å². The fourth-order valence-corrected chi connectivity index (χ4v) is 1.03. The van der Waals surface area contributed by atoms with E-state index >= 15 is 0 Å². The highest BCUT2D eigenvalue weighted by molar-refractivity contribution is 5.83. The second-order valence-corrected chi connectivity index (χ2v) is 3.13. The van der Waals surface area contributed by atoms with Crippen molar-refractivity contribution in [2.24, 2.45) is 11.0 Å². The zero-order valence-electron chi connectivity index (χ0n) is 7.16. The third kappa shape index (κ3) is 2.18. The van der Waals surface area contributed by atoms with Gasteiger partial charge in [0, 0.05) is 12.1 Å². The number of amides is 1. The average Bonchev–Trinajstić information content (AvgIpc) is 2.86. The van der Waals surface area contributed by atoms with Crippen LogP contribution in [0.4, 0.5) is 0 Å². The van der Waals surface area contributed by atoms with Gasteiger partial charge >= 0.3 is 0 Å². The Morgan fingerprint density at radius 1 is 1.69 bits per heavy atom. The van der Waals surface area contributed by atoms with Gasteiger partial charge in [0.25, 0.3) is 0 Å². The van der Waals surface area contributed by atoms with Crippen LogP contribution < -0.4 is 5.43 Å². The number of aromatic amines is 1. The Bertz CT molecular complexity index is 312. The number of nitrogens with one attached hydrogen (secondary N) is 2. The highest BCUT2D eigenvalue weighted by Crippen LogP contribution is 2.28. The Balaban J connectivity index is 1.81. The summed E-state index contributed by atoms with van der Waals surface area (Å²) in [5.74, 6) is 0.239. The maximum absolute atomic E-state index is 11.1. The minimum absolute atomic E-state index is 0.0304. The first kappa shape index (κ1) is 8.04. The van der Waals surface area contributed by atoms with Gasteiger partial charge in [0.15, 0.2) is 0 Å². The van der Waals surface area contributed by atoms with Gasteiger partial charge in [-0.15, -0.1) is 0 Å². The Morgan fingerprint density at radius 3 is 3.15 bits per heavy atom. The van der Waals surface area contributed by atoms with Crippen molar-refractivity contribution in [3.63, 3.8) is 0 Å². The van der Waals surface area contributed by atoms with Crippen molar-refractivity contribution in [1.82, 2.24) is 10.4 Å². The topological polar surface area (TPSA) is 57.2 Å². The van der Waals surface area contributed by atoms with Crippen molar-refractivity contribution in [2.75, 3.05) is 0 Å². The van der Waals surface area contributed by atoms with Gasteiger partial charge in [0.05, 0.1) is 11.9 Å². The molecular weight excluding hydrogens is 166 g/mol. The van der Waals surface area contributed by atoms with Crippen LogP contribution in [0.25, 0.3) is 0 Å². The van der Waals surface area contributed by atoms with Gasteiger partial charge in [-0.25, -0.2) is 5.43 Å². The summed E-state index contributed by atoms with van der Waals surface area (Å²) in [4.78, 5) is 14.1. The van der Waals surface area contributed by atoms with Gasteiger partial charge in [-0.05, 0) is 25.0 Å². The molecule has 0 radical (unpaired) electrons. The van der Waals surface area contributed by atoms with E-state index in [4.69, 9.17) is 0 Å². The minimum atomic E-state index is 0.0304. The Labute approximate surface area is 76.0 Å². The van der Waals surface area contributed by atoms with Gasteiger partial charge in [-0.1, -0.05) is 0 Å². The lowest BCUT2D eigenvalue weighted by atomic mass is 10.4. The third-order valence-electron chi connectivity index (χ3n) is 1.95. The lowest BCUT2D eigenvalue weighted by Crippen LogP contribution is -2.18. The van der Waals surface area contributed by atoms with Crippen molar-refractivity contribution >= 4 is 12.1 Å². The number of rotatable bonds is 3. The minimum Gasteiger partial charge on any atom is -0.360 e. The molecular formula is C9H11N3O. The highest BCUT2D eigenvalue weighted by Gasteiger charge is 2.29. The Kier molecular flexibility index (Phi) is 2.12. The molecule has 68 valence electrons. The summed E-state index contributed by atoms with van der Waals surface area (Å²) in [7, 11) is 0. The number of hydrogen-bond acceptors (Lipinski definition) is 2. The van der Waals surface area contributed by atoms with E-state index in [1.165, 1.54) is 0 Å². The van der Waals surface area contributed by atoms with Crippen LogP contribution in [-0.4, -0.2) is 17.1 Å². The molecule has 1 aromatic heterocycles. The lowest BCUT2D eigenvalue weighted by molar-refractivity contribution is -0.122. The monoisotopic (exact) mass is 177 g/mol. The van der Waals surface area contributed by atoms with Crippen LogP contribution in [0.1, 0.15) is 18.5 Å². The molecule has 1 fully saturated rings. The van der Waals surface area contributed by atoms with Crippen molar-refractivity contribution in [3.05, 3.63) is 24.0 Å². The van der Waals surface area contributed by atoms with Crippen LogP contribution in [0.5, 0.6) is 0 Å².